The van der Waals surface area contributed by atoms with Crippen LogP contribution in [0.2, 0.25) is 0 Å². The van der Waals surface area contributed by atoms with Gasteiger partial charge in [-0.05, 0) is 14.0 Å². The molecule has 0 aromatic heterocycles. The third-order valence-corrected chi connectivity index (χ3v) is 2.33. The number of likely N-dealkylation sites (N-methyl/N-ethyl adjacent to an activating group) is 2. The maximum atomic E-state index is 11.4. The lowest BCUT2D eigenvalue weighted by molar-refractivity contribution is -0.142. The van der Waals surface area contributed by atoms with Gasteiger partial charge < -0.3 is 9.64 Å². The van der Waals surface area contributed by atoms with Crippen molar-refractivity contribution in [2.45, 2.75) is 19.4 Å². The largest absolute Gasteiger partial charge is 0.469 e. The minimum Gasteiger partial charge on any atom is -0.469 e. The fraction of sp³-hybridized carbons (Fsp3) is 0.800. The molecular formula is C10H20N2O3. The molecule has 0 heterocycles. The number of ether oxygens (including phenoxy) is 1. The molecule has 5 nitrogen and oxygen atoms in total. The summed E-state index contributed by atoms with van der Waals surface area (Å²) in [5.74, 6) is -0.235. The Kier molecular flexibility index (Phi) is 5.93. The predicted octanol–water partition coefficient (Wildman–Crippen LogP) is -0.0420. The van der Waals surface area contributed by atoms with E-state index >= 15 is 0 Å². The molecule has 0 aliphatic heterocycles. The van der Waals surface area contributed by atoms with Crippen LogP contribution in [0.3, 0.4) is 0 Å². The van der Waals surface area contributed by atoms with E-state index in [4.69, 9.17) is 0 Å². The number of amides is 1. The summed E-state index contributed by atoms with van der Waals surface area (Å²) in [6.45, 7) is 2.20. The van der Waals surface area contributed by atoms with Crippen LogP contribution >= 0.6 is 0 Å². The highest BCUT2D eigenvalue weighted by atomic mass is 16.5. The first-order chi connectivity index (χ1) is 6.88. The molecule has 0 aliphatic rings. The molecule has 1 atom stereocenters. The van der Waals surface area contributed by atoms with E-state index in [2.05, 4.69) is 4.74 Å². The van der Waals surface area contributed by atoms with Gasteiger partial charge >= 0.3 is 5.97 Å². The summed E-state index contributed by atoms with van der Waals surface area (Å²) in [7, 11) is 6.59. The quantitative estimate of drug-likeness (QED) is 0.605. The zero-order valence-corrected chi connectivity index (χ0v) is 10.1. The standard InChI is InChI=1S/C10H20N2O3/c1-8(6-10(14)15-5)12(4)7-9(13)11(2)3/h8H,6-7H2,1-5H3. The van der Waals surface area contributed by atoms with E-state index in [0.29, 0.717) is 13.0 Å². The molecule has 1 amide bonds. The van der Waals surface area contributed by atoms with E-state index in [0.717, 1.165) is 0 Å². The summed E-state index contributed by atoms with van der Waals surface area (Å²) in [6.07, 6.45) is 0.299. The Bertz CT molecular complexity index is 229. The molecule has 15 heavy (non-hydrogen) atoms. The van der Waals surface area contributed by atoms with Gasteiger partial charge in [0.2, 0.25) is 5.91 Å². The van der Waals surface area contributed by atoms with Crippen LogP contribution in [0, 0.1) is 0 Å². The molecule has 0 spiro atoms. The van der Waals surface area contributed by atoms with Gasteiger partial charge in [-0.2, -0.15) is 0 Å². The highest BCUT2D eigenvalue weighted by molar-refractivity contribution is 5.77. The van der Waals surface area contributed by atoms with Gasteiger partial charge in [-0.15, -0.1) is 0 Å². The molecule has 0 aliphatic carbocycles. The molecule has 0 bridgehead atoms. The number of hydrogen-bond acceptors (Lipinski definition) is 4. The van der Waals surface area contributed by atoms with Crippen LogP contribution in [-0.2, 0) is 14.3 Å². The van der Waals surface area contributed by atoms with Crippen LogP contribution in [0.25, 0.3) is 0 Å². The Labute approximate surface area is 91.0 Å². The number of hydrogen-bond donors (Lipinski definition) is 0. The maximum absolute atomic E-state index is 11.4. The molecule has 0 fully saturated rings. The zero-order chi connectivity index (χ0) is 12.0. The number of methoxy groups -OCH3 is 1. The first-order valence-corrected chi connectivity index (χ1v) is 4.85. The maximum Gasteiger partial charge on any atom is 0.307 e. The van der Waals surface area contributed by atoms with Gasteiger partial charge in [-0.1, -0.05) is 0 Å². The van der Waals surface area contributed by atoms with Crippen LogP contribution in [0.15, 0.2) is 0 Å². The molecule has 0 saturated carbocycles. The van der Waals surface area contributed by atoms with E-state index in [1.54, 1.807) is 14.1 Å². The lowest BCUT2D eigenvalue weighted by Gasteiger charge is -2.24. The number of rotatable bonds is 5. The van der Waals surface area contributed by atoms with Crippen LogP contribution in [0.4, 0.5) is 0 Å². The molecule has 0 aromatic rings. The van der Waals surface area contributed by atoms with Gasteiger partial charge in [0, 0.05) is 20.1 Å². The smallest absolute Gasteiger partial charge is 0.307 e. The second kappa shape index (κ2) is 6.40. The first-order valence-electron chi connectivity index (χ1n) is 4.85. The lowest BCUT2D eigenvalue weighted by Crippen LogP contribution is -2.39. The van der Waals surface area contributed by atoms with Crippen LogP contribution in [0.1, 0.15) is 13.3 Å². The second-order valence-corrected chi connectivity index (χ2v) is 3.83. The van der Waals surface area contributed by atoms with Crippen molar-refractivity contribution in [2.75, 3.05) is 34.8 Å². The fourth-order valence-electron chi connectivity index (χ4n) is 0.991. The van der Waals surface area contributed by atoms with E-state index < -0.39 is 0 Å². The van der Waals surface area contributed by atoms with Gasteiger partial charge in [-0.25, -0.2) is 0 Å². The van der Waals surface area contributed by atoms with Gasteiger partial charge in [-0.3, -0.25) is 14.5 Å². The van der Waals surface area contributed by atoms with Crippen LogP contribution < -0.4 is 0 Å². The molecule has 88 valence electrons. The predicted molar refractivity (Wildman–Crippen MR) is 57.4 cm³/mol. The average molecular weight is 216 g/mol. The number of nitrogens with zero attached hydrogens (tertiary/aromatic N) is 2. The van der Waals surface area contributed by atoms with Crippen molar-refractivity contribution in [3.63, 3.8) is 0 Å². The van der Waals surface area contributed by atoms with Gasteiger partial charge in [0.05, 0.1) is 20.1 Å². The Hall–Kier alpha value is -1.10. The highest BCUT2D eigenvalue weighted by Crippen LogP contribution is 2.02. The minimum atomic E-state index is -0.258. The Balaban J connectivity index is 4.04. The molecule has 0 radical (unpaired) electrons. The van der Waals surface area contributed by atoms with Crippen molar-refractivity contribution < 1.29 is 14.3 Å². The van der Waals surface area contributed by atoms with Crippen LogP contribution in [0.5, 0.6) is 0 Å². The summed E-state index contributed by atoms with van der Waals surface area (Å²) < 4.78 is 4.56. The normalized spacial score (nSPS) is 12.4. The van der Waals surface area contributed by atoms with E-state index in [9.17, 15) is 9.59 Å². The van der Waals surface area contributed by atoms with Crippen molar-refractivity contribution in [1.29, 1.82) is 0 Å². The van der Waals surface area contributed by atoms with E-state index in [1.165, 1.54) is 12.0 Å². The fourth-order valence-corrected chi connectivity index (χ4v) is 0.991. The third-order valence-electron chi connectivity index (χ3n) is 2.33. The zero-order valence-electron chi connectivity index (χ0n) is 10.1. The molecule has 5 heteroatoms. The SMILES string of the molecule is COC(=O)CC(C)N(C)CC(=O)N(C)C. The average Bonchev–Trinajstić information content (AvgIpc) is 2.16. The molecule has 0 aromatic carbocycles. The second-order valence-electron chi connectivity index (χ2n) is 3.83. The molecular weight excluding hydrogens is 196 g/mol. The summed E-state index contributed by atoms with van der Waals surface area (Å²) in [6, 6.07) is 0.00125. The molecule has 0 N–H and O–H groups in total. The first kappa shape index (κ1) is 13.9. The van der Waals surface area contributed by atoms with Crippen LogP contribution in [-0.4, -0.2) is 62.5 Å². The number of carbonyl (C=O) groups excluding carboxylic acids is 2. The third kappa shape index (κ3) is 5.37. The Morgan fingerprint density at radius 3 is 2.20 bits per heavy atom. The number of esters is 1. The molecule has 1 unspecified atom stereocenters. The summed E-state index contributed by atoms with van der Waals surface area (Å²) in [5.41, 5.74) is 0. The van der Waals surface area contributed by atoms with Crippen molar-refractivity contribution in [2.24, 2.45) is 0 Å². The van der Waals surface area contributed by atoms with Crippen molar-refractivity contribution in [3.05, 3.63) is 0 Å². The highest BCUT2D eigenvalue weighted by Gasteiger charge is 2.17. The Morgan fingerprint density at radius 2 is 1.80 bits per heavy atom. The summed E-state index contributed by atoms with van der Waals surface area (Å²) in [4.78, 5) is 25.7. The van der Waals surface area contributed by atoms with Crippen molar-refractivity contribution in [3.8, 4) is 0 Å². The van der Waals surface area contributed by atoms with Gasteiger partial charge in [0.15, 0.2) is 0 Å². The topological polar surface area (TPSA) is 49.9 Å². The lowest BCUT2D eigenvalue weighted by atomic mass is 10.2. The number of carbonyl (C=O) groups is 2. The summed E-state index contributed by atoms with van der Waals surface area (Å²) in [5, 5.41) is 0. The van der Waals surface area contributed by atoms with Crippen molar-refractivity contribution >= 4 is 11.9 Å². The minimum absolute atomic E-state index is 0.00125. The van der Waals surface area contributed by atoms with E-state index in [1.807, 2.05) is 18.9 Å². The monoisotopic (exact) mass is 216 g/mol. The molecule has 0 rings (SSSR count). The van der Waals surface area contributed by atoms with Crippen molar-refractivity contribution in [1.82, 2.24) is 9.80 Å². The van der Waals surface area contributed by atoms with Gasteiger partial charge in [0.25, 0.3) is 0 Å². The van der Waals surface area contributed by atoms with Gasteiger partial charge in [0.1, 0.15) is 0 Å². The molecule has 0 saturated heterocycles. The summed E-state index contributed by atoms with van der Waals surface area (Å²) >= 11 is 0. The Morgan fingerprint density at radius 1 is 1.27 bits per heavy atom. The van der Waals surface area contributed by atoms with E-state index in [-0.39, 0.29) is 17.9 Å².